The Labute approximate surface area is 187 Å². The maximum absolute atomic E-state index is 13.9. The normalized spacial score (nSPS) is 20.0. The zero-order valence-corrected chi connectivity index (χ0v) is 17.3. The number of amides is 3. The summed E-state index contributed by atoms with van der Waals surface area (Å²) in [7, 11) is 0. The molecule has 2 atom stereocenters. The van der Waals surface area contributed by atoms with Gasteiger partial charge in [0.1, 0.15) is 11.3 Å². The molecule has 34 heavy (non-hydrogen) atoms. The summed E-state index contributed by atoms with van der Waals surface area (Å²) in [5, 5.41) is 2.49. The third kappa shape index (κ3) is 4.84. The van der Waals surface area contributed by atoms with Crippen molar-refractivity contribution in [2.24, 2.45) is 5.73 Å². The van der Waals surface area contributed by atoms with Gasteiger partial charge in [0.2, 0.25) is 5.91 Å². The molecule has 3 rings (SSSR count). The van der Waals surface area contributed by atoms with Crippen LogP contribution in [0, 0.1) is 5.82 Å². The molecule has 0 bridgehead atoms. The SMILES string of the molecule is CC1([C@H](c2ccc(OC(F)(F)F)cc2)c2ccc(F)c(C(F)(F)F)n2)C(=O)NCCN1C(N)=O. The van der Waals surface area contributed by atoms with Crippen LogP contribution in [0.3, 0.4) is 0 Å². The molecule has 2 heterocycles. The van der Waals surface area contributed by atoms with Gasteiger partial charge in [0.15, 0.2) is 11.5 Å². The van der Waals surface area contributed by atoms with Crippen molar-refractivity contribution >= 4 is 11.9 Å². The Morgan fingerprint density at radius 1 is 1.15 bits per heavy atom. The summed E-state index contributed by atoms with van der Waals surface area (Å²) in [4.78, 5) is 29.4. The van der Waals surface area contributed by atoms with Crippen molar-refractivity contribution in [3.63, 3.8) is 0 Å². The fraction of sp³-hybridized carbons (Fsp3) is 0.350. The largest absolute Gasteiger partial charge is 0.573 e. The van der Waals surface area contributed by atoms with Crippen LogP contribution < -0.4 is 15.8 Å². The molecule has 14 heteroatoms. The monoisotopic (exact) mass is 494 g/mol. The number of rotatable bonds is 4. The van der Waals surface area contributed by atoms with Gasteiger partial charge in [-0.25, -0.2) is 14.2 Å². The molecule has 3 N–H and O–H groups in total. The number of alkyl halides is 6. The number of hydrogen-bond donors (Lipinski definition) is 2. The molecule has 1 fully saturated rings. The van der Waals surface area contributed by atoms with Gasteiger partial charge in [-0.1, -0.05) is 12.1 Å². The molecule has 1 aromatic carbocycles. The zero-order chi connectivity index (χ0) is 25.5. The van der Waals surface area contributed by atoms with Gasteiger partial charge in [0, 0.05) is 13.1 Å². The highest BCUT2D eigenvalue weighted by Gasteiger charge is 2.52. The number of hydrogen-bond acceptors (Lipinski definition) is 4. The predicted molar refractivity (Wildman–Crippen MR) is 102 cm³/mol. The van der Waals surface area contributed by atoms with E-state index in [-0.39, 0.29) is 18.7 Å². The van der Waals surface area contributed by atoms with E-state index in [1.54, 1.807) is 0 Å². The van der Waals surface area contributed by atoms with Crippen LogP contribution in [0.15, 0.2) is 36.4 Å². The van der Waals surface area contributed by atoms with Gasteiger partial charge in [-0.05, 0) is 36.8 Å². The molecular weight excluding hydrogens is 477 g/mol. The van der Waals surface area contributed by atoms with Crippen LogP contribution >= 0.6 is 0 Å². The second kappa shape index (κ2) is 8.65. The molecule has 2 aromatic rings. The van der Waals surface area contributed by atoms with Crippen molar-refractivity contribution in [2.75, 3.05) is 13.1 Å². The second-order valence-corrected chi connectivity index (χ2v) is 7.51. The summed E-state index contributed by atoms with van der Waals surface area (Å²) in [5.74, 6) is -4.60. The first-order chi connectivity index (χ1) is 15.6. The number of nitrogens with zero attached hydrogens (tertiary/aromatic N) is 2. The molecule has 3 amide bonds. The Hall–Kier alpha value is -3.58. The van der Waals surface area contributed by atoms with Gasteiger partial charge in [-0.2, -0.15) is 13.2 Å². The van der Waals surface area contributed by atoms with Gasteiger partial charge in [-0.3, -0.25) is 4.79 Å². The average Bonchev–Trinajstić information content (AvgIpc) is 2.70. The average molecular weight is 494 g/mol. The van der Waals surface area contributed by atoms with E-state index < -0.39 is 58.9 Å². The lowest BCUT2D eigenvalue weighted by Crippen LogP contribution is -2.68. The smallest absolute Gasteiger partial charge is 0.406 e. The fourth-order valence-corrected chi connectivity index (χ4v) is 3.90. The summed E-state index contributed by atoms with van der Waals surface area (Å²) in [6.07, 6.45) is -10.2. The standard InChI is InChI=1S/C20H17F7N4O3/c1-18(16(32)29-8-9-31(18)17(28)33)14(10-2-4-11(5-3-10)34-20(25,26)27)13-7-6-12(21)15(30-13)19(22,23)24/h2-7,14H,8-9H2,1H3,(H2,28,33)(H,29,32)/t14-,18?/m1/s1. The molecule has 0 radical (unpaired) electrons. The number of nitrogens with one attached hydrogen (secondary N) is 1. The number of urea groups is 1. The highest BCUT2D eigenvalue weighted by atomic mass is 19.4. The van der Waals surface area contributed by atoms with Crippen molar-refractivity contribution in [3.8, 4) is 5.75 Å². The van der Waals surface area contributed by atoms with E-state index in [0.29, 0.717) is 6.07 Å². The molecule has 1 aliphatic rings. The van der Waals surface area contributed by atoms with E-state index in [4.69, 9.17) is 5.73 Å². The number of halogens is 7. The minimum Gasteiger partial charge on any atom is -0.406 e. The number of ether oxygens (including phenoxy) is 1. The van der Waals surface area contributed by atoms with Gasteiger partial charge < -0.3 is 20.7 Å². The number of pyridine rings is 1. The van der Waals surface area contributed by atoms with Gasteiger partial charge in [0.25, 0.3) is 0 Å². The van der Waals surface area contributed by atoms with Crippen LogP contribution in [-0.4, -0.2) is 46.8 Å². The molecule has 1 saturated heterocycles. The zero-order valence-electron chi connectivity index (χ0n) is 17.3. The summed E-state index contributed by atoms with van der Waals surface area (Å²) < 4.78 is 95.2. The van der Waals surface area contributed by atoms with Crippen LogP contribution in [0.1, 0.15) is 29.8 Å². The molecule has 1 aliphatic heterocycles. The molecular formula is C20H17F7N4O3. The van der Waals surface area contributed by atoms with Crippen LogP contribution in [0.25, 0.3) is 0 Å². The maximum atomic E-state index is 13.9. The second-order valence-electron chi connectivity index (χ2n) is 7.51. The van der Waals surface area contributed by atoms with E-state index in [9.17, 15) is 40.3 Å². The maximum Gasteiger partial charge on any atom is 0.573 e. The van der Waals surface area contributed by atoms with E-state index in [2.05, 4.69) is 15.0 Å². The van der Waals surface area contributed by atoms with E-state index in [1.807, 2.05) is 0 Å². The first kappa shape index (κ1) is 25.1. The fourth-order valence-electron chi connectivity index (χ4n) is 3.90. The number of nitrogens with two attached hydrogens (primary N) is 1. The van der Waals surface area contributed by atoms with E-state index in [0.717, 1.165) is 35.2 Å². The number of carbonyl (C=O) groups is 2. The molecule has 7 nitrogen and oxygen atoms in total. The third-order valence-electron chi connectivity index (χ3n) is 5.35. The number of carbonyl (C=O) groups excluding carboxylic acids is 2. The van der Waals surface area contributed by atoms with Gasteiger partial charge in [0.05, 0.1) is 11.6 Å². The Bertz CT molecular complexity index is 1090. The Morgan fingerprint density at radius 3 is 2.29 bits per heavy atom. The van der Waals surface area contributed by atoms with Crippen molar-refractivity contribution in [1.29, 1.82) is 0 Å². The number of piperazine rings is 1. The molecule has 1 unspecified atom stereocenters. The van der Waals surface area contributed by atoms with Crippen molar-refractivity contribution in [2.45, 2.75) is 30.9 Å². The van der Waals surface area contributed by atoms with Gasteiger partial charge in [-0.15, -0.1) is 13.2 Å². The lowest BCUT2D eigenvalue weighted by atomic mass is 9.75. The van der Waals surface area contributed by atoms with Crippen molar-refractivity contribution < 1.29 is 45.1 Å². The lowest BCUT2D eigenvalue weighted by Gasteiger charge is -2.47. The molecule has 184 valence electrons. The quantitative estimate of drug-likeness (QED) is 0.636. The summed E-state index contributed by atoms with van der Waals surface area (Å²) in [6, 6.07) is 4.20. The van der Waals surface area contributed by atoms with Gasteiger partial charge >= 0.3 is 18.6 Å². The highest BCUT2D eigenvalue weighted by Crippen LogP contribution is 2.41. The van der Waals surface area contributed by atoms with E-state index in [1.165, 1.54) is 6.92 Å². The summed E-state index contributed by atoms with van der Waals surface area (Å²) in [6.45, 7) is 1.10. The minimum atomic E-state index is -5.19. The molecule has 1 aromatic heterocycles. The first-order valence-electron chi connectivity index (χ1n) is 9.59. The Balaban J connectivity index is 2.23. The Kier molecular flexibility index (Phi) is 6.37. The summed E-state index contributed by atoms with van der Waals surface area (Å²) >= 11 is 0. The van der Waals surface area contributed by atoms with Crippen molar-refractivity contribution in [3.05, 3.63) is 59.2 Å². The topological polar surface area (TPSA) is 97.6 Å². The predicted octanol–water partition coefficient (Wildman–Crippen LogP) is 3.54. The van der Waals surface area contributed by atoms with Crippen LogP contribution in [0.4, 0.5) is 35.5 Å². The van der Waals surface area contributed by atoms with E-state index >= 15 is 0 Å². The lowest BCUT2D eigenvalue weighted by molar-refractivity contribution is -0.274. The first-order valence-corrected chi connectivity index (χ1v) is 9.59. The minimum absolute atomic E-state index is 0.00685. The molecule has 0 spiro atoms. The number of benzene rings is 1. The number of primary amides is 1. The van der Waals surface area contributed by atoms with Crippen LogP contribution in [0.2, 0.25) is 0 Å². The molecule has 0 saturated carbocycles. The van der Waals surface area contributed by atoms with Crippen LogP contribution in [0.5, 0.6) is 5.75 Å². The molecule has 0 aliphatic carbocycles. The Morgan fingerprint density at radius 2 is 1.76 bits per heavy atom. The van der Waals surface area contributed by atoms with Crippen LogP contribution in [-0.2, 0) is 11.0 Å². The summed E-state index contributed by atoms with van der Waals surface area (Å²) in [5.41, 5.74) is 1.11. The highest BCUT2D eigenvalue weighted by molar-refractivity contribution is 5.93. The third-order valence-corrected chi connectivity index (χ3v) is 5.35. The van der Waals surface area contributed by atoms with Crippen molar-refractivity contribution in [1.82, 2.24) is 15.2 Å². The number of aromatic nitrogens is 1.